The lowest BCUT2D eigenvalue weighted by molar-refractivity contribution is -0.393. The molecule has 0 aliphatic carbocycles. The van der Waals surface area contributed by atoms with Crippen LogP contribution in [0.25, 0.3) is 0 Å². The molecule has 0 aromatic heterocycles. The van der Waals surface area contributed by atoms with Gasteiger partial charge in [0.25, 0.3) is 0 Å². The molecule has 7 saturated heterocycles. The van der Waals surface area contributed by atoms with Crippen molar-refractivity contribution in [3.8, 4) is 5.75 Å². The largest absolute Gasteiger partial charge is 0.463 e. The van der Waals surface area contributed by atoms with E-state index in [4.69, 9.17) is 156 Å². The highest BCUT2D eigenvalue weighted by atomic mass is 16.8. The van der Waals surface area contributed by atoms with Gasteiger partial charge in [0.05, 0.1) is 39.6 Å². The van der Waals surface area contributed by atoms with E-state index in [1.54, 1.807) is 0 Å². The topological polar surface area (TPSA) is 646 Å². The summed E-state index contributed by atoms with van der Waals surface area (Å²) >= 11 is 0. The third-order valence-corrected chi connectivity index (χ3v) is 19.9. The molecule has 0 saturated carbocycles. The molecule has 0 spiro atoms. The normalized spacial score (nSPS) is 32.8. The van der Waals surface area contributed by atoms with E-state index in [0.29, 0.717) is 6.29 Å². The van der Waals surface area contributed by atoms with Gasteiger partial charge in [-0.1, -0.05) is 0 Å². The number of esters is 19. The van der Waals surface area contributed by atoms with E-state index in [2.05, 4.69) is 0 Å². The average Bonchev–Trinajstić information content (AvgIpc) is 0.750. The van der Waals surface area contributed by atoms with Crippen LogP contribution >= 0.6 is 0 Å². The Hall–Kier alpha value is -11.9. The van der Waals surface area contributed by atoms with Gasteiger partial charge in [0.2, 0.25) is 12.4 Å². The first-order chi connectivity index (χ1) is 64.5. The van der Waals surface area contributed by atoms with E-state index in [9.17, 15) is 95.9 Å². The van der Waals surface area contributed by atoms with Crippen molar-refractivity contribution in [3.05, 3.63) is 29.8 Å². The maximum absolute atomic E-state index is 14.3. The van der Waals surface area contributed by atoms with Crippen LogP contribution in [0.15, 0.2) is 24.3 Å². The molecular weight excluding hydrogens is 1860 g/mol. The number of rotatable bonds is 38. The van der Waals surface area contributed by atoms with Gasteiger partial charge in [-0.25, -0.2) is 0 Å². The Labute approximate surface area is 779 Å². The quantitative estimate of drug-likeness (QED) is 0.0408. The minimum atomic E-state index is -2.61. The highest BCUT2D eigenvalue weighted by Gasteiger charge is 2.64. The highest BCUT2D eigenvalue weighted by molar-refractivity contribution is 5.76. The van der Waals surface area contributed by atoms with E-state index < -0.39 is 356 Å². The molecule has 0 bridgehead atoms. The summed E-state index contributed by atoms with van der Waals surface area (Å²) in [7, 11) is 0. The number of hydrogen-bond donors (Lipinski definition) is 0. The van der Waals surface area contributed by atoms with E-state index in [-0.39, 0.29) is 11.3 Å². The van der Waals surface area contributed by atoms with Gasteiger partial charge in [-0.05, 0) is 24.3 Å². The molecule has 32 atom stereocenters. The van der Waals surface area contributed by atoms with Gasteiger partial charge in [0, 0.05) is 137 Å². The summed E-state index contributed by atoms with van der Waals surface area (Å²) in [5.41, 5.74) is 0.155. The summed E-state index contributed by atoms with van der Waals surface area (Å²) in [6.45, 7) is 10.4. The molecule has 53 nitrogen and oxygen atoms in total. The van der Waals surface area contributed by atoms with Crippen LogP contribution in [0.4, 0.5) is 0 Å². The maximum atomic E-state index is 14.3. The Balaban J connectivity index is 1.38. The Kier molecular flexibility index (Phi) is 41.1. The SMILES string of the molecule is CC(=O)OCC1O[C@@H](Oc2ccc(C=O)cc2)C(OC(C)=O)C(OC(C)=O)[C@@H]1O[C@@H]1OC(CO[C@H]2OC[C@@H](OC(C)=O)C(OC(C)=O)C2OC(C)=O)[C@@H](O[C@@H]2OC(CO[C@H]3OC[C@@H](OC(C)=O)C(OC(C)=O)C3OC(C)=O)[C@@H](O[C@@H]3OC(CO[C@H]4OC[C@@H](OC(C)=O)C(OC(C)=O)C4OC(C)=O)[C@@H](OC(C)=O)C(OC(C)=O)C3OC(C)=O)C(OC(C)=O)C2OC(C)=O)C(OC(C)=O)C1OC(C)=O. The third kappa shape index (κ3) is 32.4. The molecular formula is C84H108O53. The lowest BCUT2D eigenvalue weighted by Gasteiger charge is -2.51. The van der Waals surface area contributed by atoms with Crippen LogP contribution in [0.3, 0.4) is 0 Å². The molecule has 0 radical (unpaired) electrons. The first kappa shape index (κ1) is 110. The molecule has 1 aromatic carbocycles. The zero-order chi connectivity index (χ0) is 101. The van der Waals surface area contributed by atoms with Gasteiger partial charge >= 0.3 is 113 Å². The zero-order valence-corrected chi connectivity index (χ0v) is 77.4. The lowest BCUT2D eigenvalue weighted by atomic mass is 9.94. The summed E-state index contributed by atoms with van der Waals surface area (Å²) < 4.78 is 199. The minimum absolute atomic E-state index is 0.0855. The second-order valence-electron chi connectivity index (χ2n) is 31.2. The van der Waals surface area contributed by atoms with Crippen molar-refractivity contribution in [2.24, 2.45) is 0 Å². The van der Waals surface area contributed by atoms with Gasteiger partial charge < -0.3 is 156 Å². The second-order valence-corrected chi connectivity index (χ2v) is 31.2. The summed E-state index contributed by atoms with van der Waals surface area (Å²) in [4.78, 5) is 265. The molecule has 0 N–H and O–H groups in total. The van der Waals surface area contributed by atoms with Crippen LogP contribution in [-0.2, 0) is 243 Å². The molecule has 8 rings (SSSR count). The van der Waals surface area contributed by atoms with Gasteiger partial charge in [-0.3, -0.25) is 95.9 Å². The second kappa shape index (κ2) is 51.0. The molecule has 0 amide bonds. The summed E-state index contributed by atoms with van der Waals surface area (Å²) in [6, 6.07) is 5.21. The van der Waals surface area contributed by atoms with Gasteiger partial charge in [0.1, 0.15) is 61.4 Å². The van der Waals surface area contributed by atoms with Gasteiger partial charge in [-0.15, -0.1) is 0 Å². The van der Waals surface area contributed by atoms with E-state index in [1.807, 2.05) is 0 Å². The van der Waals surface area contributed by atoms with Crippen molar-refractivity contribution in [1.82, 2.24) is 0 Å². The fraction of sp³-hybridized carbons (Fsp3) is 0.690. The maximum Gasteiger partial charge on any atom is 0.303 e. The Morgan fingerprint density at radius 3 is 0.686 bits per heavy atom. The van der Waals surface area contributed by atoms with Crippen molar-refractivity contribution in [1.29, 1.82) is 0 Å². The zero-order valence-electron chi connectivity index (χ0n) is 77.4. The molecule has 53 heteroatoms. The number of carbonyl (C=O) groups is 20. The molecule has 7 fully saturated rings. The molecule has 1 aromatic rings. The molecule has 7 aliphatic heterocycles. The Bertz CT molecular complexity index is 4470. The number of carbonyl (C=O) groups excluding carboxylic acids is 20. The van der Waals surface area contributed by atoms with Crippen LogP contribution in [0.2, 0.25) is 0 Å². The number of aldehydes is 1. The van der Waals surface area contributed by atoms with Crippen LogP contribution in [-0.4, -0.2) is 363 Å². The summed E-state index contributed by atoms with van der Waals surface area (Å²) in [5.74, 6) is -21.6. The molecule has 762 valence electrons. The molecule has 7 heterocycles. The fourth-order valence-corrected chi connectivity index (χ4v) is 15.4. The number of ether oxygens (including phenoxy) is 33. The standard InChI is InChI=1S/C84H108O53/c1-32(86)105-25-56-61(68(120-41(10)95)74(126-47(16)101)81(131-56)130-52-22-20-51(24-85)21-23-52)135-83-76(128-49(18)103)70(122-43(12)97)63(59(133-83)31-111-80-73(125-46(15)100)66(118-39(8)93)55(28-108-80)114-35(4)89)137-84-77(129-50(19)104)69(121-42(11)96)62(58(134-84)30-110-79-72(124-45(14)99)65(117-38(7)92)54(27-107-79)113-34(3)88)136-82-75(127-48(17)102)67(119-40(9)94)60(115-36(5)90)57(132-82)29-109-78-71(123-44(13)98)64(116-37(6)91)53(26-106-78)112-33(2)87/h20-24,53-84H,25-31H2,1-19H3/t53-,54-,55-,56?,57?,58?,59?,60-,61-,62-,63-,64?,65?,66?,67?,68?,69?,70?,71?,72?,73?,74?,75?,76?,77?,78-,79-,80-,81-,82+,83+,84+/m1/s1. The van der Waals surface area contributed by atoms with Crippen LogP contribution in [0.1, 0.15) is 142 Å². The summed E-state index contributed by atoms with van der Waals surface area (Å²) in [5, 5.41) is 0. The van der Waals surface area contributed by atoms with Crippen LogP contribution < -0.4 is 4.74 Å². The van der Waals surface area contributed by atoms with Gasteiger partial charge in [-0.2, -0.15) is 0 Å². The molecule has 18 unspecified atom stereocenters. The number of benzene rings is 1. The lowest BCUT2D eigenvalue weighted by Crippen LogP contribution is -2.70. The minimum Gasteiger partial charge on any atom is -0.463 e. The van der Waals surface area contributed by atoms with E-state index >= 15 is 0 Å². The first-order valence-electron chi connectivity index (χ1n) is 42.2. The van der Waals surface area contributed by atoms with Crippen LogP contribution in [0, 0.1) is 0 Å². The van der Waals surface area contributed by atoms with E-state index in [0.717, 1.165) is 132 Å². The third-order valence-electron chi connectivity index (χ3n) is 19.9. The highest BCUT2D eigenvalue weighted by Crippen LogP contribution is 2.43. The van der Waals surface area contributed by atoms with Crippen molar-refractivity contribution < 1.29 is 252 Å². The predicted octanol–water partition coefficient (Wildman–Crippen LogP) is -1.61. The van der Waals surface area contributed by atoms with Crippen molar-refractivity contribution in [2.75, 3.05) is 46.2 Å². The molecule has 137 heavy (non-hydrogen) atoms. The van der Waals surface area contributed by atoms with Crippen molar-refractivity contribution in [3.63, 3.8) is 0 Å². The monoisotopic (exact) mass is 1960 g/mol. The van der Waals surface area contributed by atoms with Crippen LogP contribution in [0.5, 0.6) is 5.75 Å². The Morgan fingerprint density at radius 1 is 0.234 bits per heavy atom. The average molecular weight is 1970 g/mol. The fourth-order valence-electron chi connectivity index (χ4n) is 15.4. The van der Waals surface area contributed by atoms with Gasteiger partial charge in [0.15, 0.2) is 142 Å². The Morgan fingerprint density at radius 2 is 0.438 bits per heavy atom. The van der Waals surface area contributed by atoms with Crippen molar-refractivity contribution >= 4 is 120 Å². The summed E-state index contributed by atoms with van der Waals surface area (Å²) in [6.07, 6.45) is -66.5. The first-order valence-corrected chi connectivity index (χ1v) is 42.2. The molecule has 7 aliphatic rings. The predicted molar refractivity (Wildman–Crippen MR) is 425 cm³/mol. The van der Waals surface area contributed by atoms with E-state index in [1.165, 1.54) is 24.3 Å². The van der Waals surface area contributed by atoms with Crippen molar-refractivity contribution in [2.45, 2.75) is 328 Å². The number of hydrogen-bond acceptors (Lipinski definition) is 53. The smallest absolute Gasteiger partial charge is 0.303 e.